The average molecular weight is 368 g/mol. The summed E-state index contributed by atoms with van der Waals surface area (Å²) in [4.78, 5) is 12.0. The number of aliphatic hydroxyl groups is 1. The van der Waals surface area contributed by atoms with E-state index in [4.69, 9.17) is 22.1 Å². The van der Waals surface area contributed by atoms with Gasteiger partial charge in [-0.25, -0.2) is 0 Å². The number of amides is 1. The molecule has 0 bridgehead atoms. The molecule has 0 saturated carbocycles. The van der Waals surface area contributed by atoms with Crippen molar-refractivity contribution >= 4 is 17.5 Å². The predicted octanol–water partition coefficient (Wildman–Crippen LogP) is 3.64. The first kappa shape index (κ1) is 18.0. The van der Waals surface area contributed by atoms with Crippen LogP contribution in [0, 0.1) is 0 Å². The molecule has 1 amide bonds. The Morgan fingerprint density at radius 2 is 1.58 bits per heavy atom. The molecule has 26 heavy (non-hydrogen) atoms. The summed E-state index contributed by atoms with van der Waals surface area (Å²) in [6.45, 7) is 0.360. The van der Waals surface area contributed by atoms with Crippen molar-refractivity contribution in [1.29, 1.82) is 0 Å². The summed E-state index contributed by atoms with van der Waals surface area (Å²) in [5, 5.41) is 11.3. The number of nitrogens with two attached hydrogens (primary N) is 1. The SMILES string of the molecule is NC(=O)C(O)(c1ccccc1)c1ccc(OCc2ccccc2)c(Cl)c1. The molecule has 0 aliphatic carbocycles. The van der Waals surface area contributed by atoms with Crippen molar-refractivity contribution in [2.75, 3.05) is 0 Å². The lowest BCUT2D eigenvalue weighted by atomic mass is 9.85. The van der Waals surface area contributed by atoms with Gasteiger partial charge in [0.1, 0.15) is 12.4 Å². The zero-order valence-corrected chi connectivity index (χ0v) is 14.7. The lowest BCUT2D eigenvalue weighted by Gasteiger charge is -2.26. The number of carbonyl (C=O) groups is 1. The molecular weight excluding hydrogens is 350 g/mol. The maximum absolute atomic E-state index is 12.0. The molecule has 0 saturated heterocycles. The molecule has 1 unspecified atom stereocenters. The molecule has 3 aromatic carbocycles. The molecule has 0 heterocycles. The van der Waals surface area contributed by atoms with E-state index in [9.17, 15) is 9.90 Å². The van der Waals surface area contributed by atoms with Crippen molar-refractivity contribution in [3.05, 3.63) is 101 Å². The number of rotatable bonds is 6. The Morgan fingerprint density at radius 1 is 0.962 bits per heavy atom. The van der Waals surface area contributed by atoms with E-state index in [1.54, 1.807) is 42.5 Å². The Bertz CT molecular complexity index is 900. The summed E-state index contributed by atoms with van der Waals surface area (Å²) < 4.78 is 5.73. The van der Waals surface area contributed by atoms with E-state index in [2.05, 4.69) is 0 Å². The van der Waals surface area contributed by atoms with E-state index in [1.165, 1.54) is 6.07 Å². The fourth-order valence-electron chi connectivity index (χ4n) is 2.71. The monoisotopic (exact) mass is 367 g/mol. The van der Waals surface area contributed by atoms with Gasteiger partial charge >= 0.3 is 0 Å². The number of benzene rings is 3. The van der Waals surface area contributed by atoms with Gasteiger partial charge in [-0.05, 0) is 28.8 Å². The van der Waals surface area contributed by atoms with Crippen molar-refractivity contribution in [2.45, 2.75) is 12.2 Å². The summed E-state index contributed by atoms with van der Waals surface area (Å²) >= 11 is 6.31. The number of carbonyl (C=O) groups excluding carboxylic acids is 1. The van der Waals surface area contributed by atoms with E-state index >= 15 is 0 Å². The highest BCUT2D eigenvalue weighted by atomic mass is 35.5. The van der Waals surface area contributed by atoms with Crippen molar-refractivity contribution in [1.82, 2.24) is 0 Å². The summed E-state index contributed by atoms with van der Waals surface area (Å²) in [6.07, 6.45) is 0. The van der Waals surface area contributed by atoms with Gasteiger partial charge in [-0.1, -0.05) is 78.3 Å². The molecule has 0 radical (unpaired) electrons. The van der Waals surface area contributed by atoms with Gasteiger partial charge in [-0.3, -0.25) is 4.79 Å². The first-order chi connectivity index (χ1) is 12.5. The molecule has 0 aliphatic heterocycles. The molecule has 5 heteroatoms. The van der Waals surface area contributed by atoms with Crippen molar-refractivity contribution in [2.24, 2.45) is 5.73 Å². The minimum atomic E-state index is -1.97. The highest BCUT2D eigenvalue weighted by Gasteiger charge is 2.38. The largest absolute Gasteiger partial charge is 0.487 e. The molecule has 3 rings (SSSR count). The quantitative estimate of drug-likeness (QED) is 0.698. The minimum Gasteiger partial charge on any atom is -0.487 e. The smallest absolute Gasteiger partial charge is 0.258 e. The molecule has 132 valence electrons. The third kappa shape index (κ3) is 3.57. The fourth-order valence-corrected chi connectivity index (χ4v) is 2.94. The van der Waals surface area contributed by atoms with E-state index in [0.29, 0.717) is 17.9 Å². The maximum atomic E-state index is 12.0. The second-order valence-corrected chi connectivity index (χ2v) is 6.27. The normalized spacial score (nSPS) is 13.0. The van der Waals surface area contributed by atoms with E-state index in [0.717, 1.165) is 5.56 Å². The predicted molar refractivity (Wildman–Crippen MR) is 101 cm³/mol. The van der Waals surface area contributed by atoms with Crippen molar-refractivity contribution < 1.29 is 14.6 Å². The van der Waals surface area contributed by atoms with Crippen molar-refractivity contribution in [3.63, 3.8) is 0 Å². The highest BCUT2D eigenvalue weighted by Crippen LogP contribution is 2.34. The highest BCUT2D eigenvalue weighted by molar-refractivity contribution is 6.32. The Balaban J connectivity index is 1.89. The number of hydrogen-bond donors (Lipinski definition) is 2. The van der Waals surface area contributed by atoms with Crippen LogP contribution in [-0.2, 0) is 17.0 Å². The Morgan fingerprint density at radius 3 is 2.15 bits per heavy atom. The molecule has 3 N–H and O–H groups in total. The molecule has 1 atom stereocenters. The summed E-state index contributed by atoms with van der Waals surface area (Å²) in [5.41, 5.74) is 5.19. The molecule has 0 spiro atoms. The second kappa shape index (κ2) is 7.60. The van der Waals surface area contributed by atoms with Crippen molar-refractivity contribution in [3.8, 4) is 5.75 Å². The molecule has 0 aliphatic rings. The Hall–Kier alpha value is -2.82. The van der Waals surface area contributed by atoms with E-state index < -0.39 is 11.5 Å². The van der Waals surface area contributed by atoms with Crippen LogP contribution in [0.4, 0.5) is 0 Å². The van der Waals surface area contributed by atoms with Gasteiger partial charge in [0.15, 0.2) is 5.60 Å². The van der Waals surface area contributed by atoms with Crippen LogP contribution in [-0.4, -0.2) is 11.0 Å². The zero-order chi connectivity index (χ0) is 18.6. The molecule has 3 aromatic rings. The molecule has 0 fully saturated rings. The van der Waals surface area contributed by atoms with Crippen LogP contribution < -0.4 is 10.5 Å². The van der Waals surface area contributed by atoms with Crippen LogP contribution in [0.25, 0.3) is 0 Å². The topological polar surface area (TPSA) is 72.6 Å². The number of ether oxygens (including phenoxy) is 1. The van der Waals surface area contributed by atoms with Crippen LogP contribution in [0.1, 0.15) is 16.7 Å². The third-order valence-electron chi connectivity index (χ3n) is 4.13. The summed E-state index contributed by atoms with van der Waals surface area (Å²) in [7, 11) is 0. The lowest BCUT2D eigenvalue weighted by Crippen LogP contribution is -2.42. The lowest BCUT2D eigenvalue weighted by molar-refractivity contribution is -0.133. The van der Waals surface area contributed by atoms with E-state index in [-0.39, 0.29) is 10.6 Å². The van der Waals surface area contributed by atoms with Gasteiger partial charge in [-0.2, -0.15) is 0 Å². The zero-order valence-electron chi connectivity index (χ0n) is 13.9. The van der Waals surface area contributed by atoms with Gasteiger partial charge in [-0.15, -0.1) is 0 Å². The first-order valence-corrected chi connectivity index (χ1v) is 8.44. The van der Waals surface area contributed by atoms with Crippen LogP contribution in [0.5, 0.6) is 5.75 Å². The first-order valence-electron chi connectivity index (χ1n) is 8.06. The van der Waals surface area contributed by atoms with Gasteiger partial charge in [0, 0.05) is 0 Å². The number of primary amides is 1. The number of halogens is 1. The van der Waals surface area contributed by atoms with Gasteiger partial charge in [0.05, 0.1) is 5.02 Å². The minimum absolute atomic E-state index is 0.285. The summed E-state index contributed by atoms with van der Waals surface area (Å²) in [5.74, 6) is -0.420. The van der Waals surface area contributed by atoms with Crippen LogP contribution >= 0.6 is 11.6 Å². The molecule has 4 nitrogen and oxygen atoms in total. The van der Waals surface area contributed by atoms with Gasteiger partial charge in [0.25, 0.3) is 5.91 Å². The fraction of sp³-hybridized carbons (Fsp3) is 0.0952. The number of hydrogen-bond acceptors (Lipinski definition) is 3. The Labute approximate surface area is 156 Å². The van der Waals surface area contributed by atoms with Crippen LogP contribution in [0.3, 0.4) is 0 Å². The van der Waals surface area contributed by atoms with Crippen LogP contribution in [0.2, 0.25) is 5.02 Å². The molecular formula is C21H18ClNO3. The van der Waals surface area contributed by atoms with Gasteiger partial charge in [0.2, 0.25) is 0 Å². The van der Waals surface area contributed by atoms with Crippen LogP contribution in [0.15, 0.2) is 78.9 Å². The van der Waals surface area contributed by atoms with E-state index in [1.807, 2.05) is 30.3 Å². The molecule has 0 aromatic heterocycles. The second-order valence-electron chi connectivity index (χ2n) is 5.86. The van der Waals surface area contributed by atoms with Gasteiger partial charge < -0.3 is 15.6 Å². The average Bonchev–Trinajstić information content (AvgIpc) is 2.67. The maximum Gasteiger partial charge on any atom is 0.258 e. The summed E-state index contributed by atoms with van der Waals surface area (Å²) in [6, 6.07) is 22.9. The Kier molecular flexibility index (Phi) is 5.26. The standard InChI is InChI=1S/C21H18ClNO3/c22-18-13-17(21(25,20(23)24)16-9-5-2-6-10-16)11-12-19(18)26-14-15-7-3-1-4-8-15/h1-13,25H,14H2,(H2,23,24). The third-order valence-corrected chi connectivity index (χ3v) is 4.43.